The maximum Gasteiger partial charge on any atom is 0.416 e. The fourth-order valence-electron chi connectivity index (χ4n) is 3.35. The van der Waals surface area contributed by atoms with E-state index in [2.05, 4.69) is 5.32 Å². The summed E-state index contributed by atoms with van der Waals surface area (Å²) >= 11 is 5.86. The molecule has 1 atom stereocenters. The predicted octanol–water partition coefficient (Wildman–Crippen LogP) is 5.46. The van der Waals surface area contributed by atoms with Gasteiger partial charge < -0.3 is 10.2 Å². The van der Waals surface area contributed by atoms with Gasteiger partial charge in [0.1, 0.15) is 0 Å². The third-order valence-corrected chi connectivity index (χ3v) is 5.08. The van der Waals surface area contributed by atoms with Crippen LogP contribution in [-0.4, -0.2) is 36.5 Å². The van der Waals surface area contributed by atoms with E-state index in [-0.39, 0.29) is 25.0 Å². The molecule has 1 N–H and O–H groups in total. The molecule has 1 aliphatic heterocycles. The fourth-order valence-corrected chi connectivity index (χ4v) is 3.47. The fraction of sp³-hybridized carbons (Fsp3) is 0.350. The minimum Gasteiger partial charge on any atom is -0.333 e. The number of benzene rings is 2. The van der Waals surface area contributed by atoms with Crippen molar-refractivity contribution in [3.05, 3.63) is 69.7 Å². The maximum atomic E-state index is 13.1. The molecule has 0 unspecified atom stereocenters. The summed E-state index contributed by atoms with van der Waals surface area (Å²) < 4.78 is 78.8. The molecule has 1 heterocycles. The Morgan fingerprint density at radius 3 is 2.06 bits per heavy atom. The molecule has 0 aliphatic carbocycles. The molecule has 11 heteroatoms. The number of carbonyl (C=O) groups is 1. The van der Waals surface area contributed by atoms with Gasteiger partial charge in [0.05, 0.1) is 11.1 Å². The molecule has 170 valence electrons. The van der Waals surface area contributed by atoms with Crippen LogP contribution < -0.4 is 5.32 Å². The monoisotopic (exact) mass is 486 g/mol. The highest BCUT2D eigenvalue weighted by atomic mass is 35.5. The molecule has 1 fully saturated rings. The lowest BCUT2D eigenvalue weighted by Gasteiger charge is -2.36. The lowest BCUT2D eigenvalue weighted by Crippen LogP contribution is -2.54. The Kier molecular flexibility index (Phi) is 7.89. The highest BCUT2D eigenvalue weighted by molar-refractivity contribution is 6.30. The molecule has 0 saturated carbocycles. The standard InChI is InChI=1S/C20H17ClF6N2O.ClH/c21-16-3-1-12(2-4-16)7-17-11-28-5-6-29(17)18(30)13-8-14(19(22,23)24)10-15(9-13)20(25,26)27;/h1-4,8-10,17,28H,5-7,11H2;1H/t17-;/m1./s1. The average molecular weight is 487 g/mol. The van der Waals surface area contributed by atoms with Crippen molar-refractivity contribution in [2.24, 2.45) is 0 Å². The van der Waals surface area contributed by atoms with Crippen molar-refractivity contribution in [3.63, 3.8) is 0 Å². The molecular weight excluding hydrogens is 469 g/mol. The second-order valence-corrected chi connectivity index (χ2v) is 7.42. The summed E-state index contributed by atoms with van der Waals surface area (Å²) in [6.07, 6.45) is -9.65. The van der Waals surface area contributed by atoms with E-state index < -0.39 is 41.0 Å². The quantitative estimate of drug-likeness (QED) is 0.584. The van der Waals surface area contributed by atoms with Gasteiger partial charge in [-0.25, -0.2) is 0 Å². The molecule has 3 nitrogen and oxygen atoms in total. The normalized spacial score (nSPS) is 17.3. The first-order valence-corrected chi connectivity index (χ1v) is 9.38. The first-order chi connectivity index (χ1) is 13.9. The summed E-state index contributed by atoms with van der Waals surface area (Å²) in [5.74, 6) is -0.868. The van der Waals surface area contributed by atoms with Crippen molar-refractivity contribution in [1.82, 2.24) is 10.2 Å². The zero-order valence-electron chi connectivity index (χ0n) is 15.9. The molecule has 31 heavy (non-hydrogen) atoms. The Morgan fingerprint density at radius 1 is 1.00 bits per heavy atom. The number of carbonyl (C=O) groups excluding carboxylic acids is 1. The van der Waals surface area contributed by atoms with Gasteiger partial charge in [-0.1, -0.05) is 23.7 Å². The molecule has 2 aromatic rings. The lowest BCUT2D eigenvalue weighted by atomic mass is 10.00. The molecule has 1 amide bonds. The maximum absolute atomic E-state index is 13.1. The molecule has 0 spiro atoms. The van der Waals surface area contributed by atoms with Crippen molar-refractivity contribution < 1.29 is 31.1 Å². The number of nitrogens with zero attached hydrogens (tertiary/aromatic N) is 1. The number of halogens is 8. The lowest BCUT2D eigenvalue weighted by molar-refractivity contribution is -0.143. The Balaban J connectivity index is 0.00000341. The van der Waals surface area contributed by atoms with Crippen LogP contribution in [0.3, 0.4) is 0 Å². The van der Waals surface area contributed by atoms with Crippen LogP contribution in [0.15, 0.2) is 42.5 Å². The van der Waals surface area contributed by atoms with Crippen molar-refractivity contribution in [1.29, 1.82) is 0 Å². The van der Waals surface area contributed by atoms with Gasteiger partial charge in [0, 0.05) is 36.3 Å². The van der Waals surface area contributed by atoms with Crippen LogP contribution in [0.2, 0.25) is 5.02 Å². The Hall–Kier alpha value is -1.97. The summed E-state index contributed by atoms with van der Waals surface area (Å²) in [6, 6.07) is 7.37. The van der Waals surface area contributed by atoms with Crippen molar-refractivity contribution in [3.8, 4) is 0 Å². The van der Waals surface area contributed by atoms with Crippen molar-refractivity contribution in [2.75, 3.05) is 19.6 Å². The molecule has 3 rings (SSSR count). The van der Waals surface area contributed by atoms with E-state index in [4.69, 9.17) is 11.6 Å². The molecule has 0 radical (unpaired) electrons. The summed E-state index contributed by atoms with van der Waals surface area (Å²) in [5.41, 5.74) is -2.82. The van der Waals surface area contributed by atoms with E-state index in [1.807, 2.05) is 0 Å². The van der Waals surface area contributed by atoms with Gasteiger partial charge >= 0.3 is 12.4 Å². The first kappa shape index (κ1) is 25.3. The zero-order valence-corrected chi connectivity index (χ0v) is 17.4. The number of amides is 1. The van der Waals surface area contributed by atoms with Crippen LogP contribution in [0.4, 0.5) is 26.3 Å². The molecule has 1 saturated heterocycles. The highest BCUT2D eigenvalue weighted by Crippen LogP contribution is 2.36. The Morgan fingerprint density at radius 2 is 1.55 bits per heavy atom. The molecule has 0 aromatic heterocycles. The number of piperazine rings is 1. The van der Waals surface area contributed by atoms with Gasteiger partial charge in [0.25, 0.3) is 5.91 Å². The molecule has 1 aliphatic rings. The summed E-state index contributed by atoms with van der Waals surface area (Å²) in [7, 11) is 0. The summed E-state index contributed by atoms with van der Waals surface area (Å²) in [6.45, 7) is 0.905. The second-order valence-electron chi connectivity index (χ2n) is 6.98. The molecule has 2 aromatic carbocycles. The van der Waals surface area contributed by atoms with Gasteiger partial charge in [-0.05, 0) is 42.3 Å². The van der Waals surface area contributed by atoms with Gasteiger partial charge in [-0.3, -0.25) is 4.79 Å². The summed E-state index contributed by atoms with van der Waals surface area (Å²) in [5, 5.41) is 3.62. The van der Waals surface area contributed by atoms with Crippen molar-refractivity contribution in [2.45, 2.75) is 24.8 Å². The van der Waals surface area contributed by atoms with Crippen molar-refractivity contribution >= 4 is 29.9 Å². The molecular formula is C20H18Cl2F6N2O. The van der Waals surface area contributed by atoms with Crippen LogP contribution in [0.1, 0.15) is 27.0 Å². The number of hydrogen-bond donors (Lipinski definition) is 1. The zero-order chi connectivity index (χ0) is 22.1. The average Bonchev–Trinajstić information content (AvgIpc) is 2.68. The highest BCUT2D eigenvalue weighted by Gasteiger charge is 2.38. The number of hydrogen-bond acceptors (Lipinski definition) is 2. The van der Waals surface area contributed by atoms with Crippen LogP contribution in [0.5, 0.6) is 0 Å². The molecule has 0 bridgehead atoms. The minimum atomic E-state index is -5.01. The van der Waals surface area contributed by atoms with E-state index in [0.717, 1.165) is 5.56 Å². The van der Waals surface area contributed by atoms with Gasteiger partial charge in [0.2, 0.25) is 0 Å². The smallest absolute Gasteiger partial charge is 0.333 e. The predicted molar refractivity (Wildman–Crippen MR) is 107 cm³/mol. The number of rotatable bonds is 3. The third kappa shape index (κ3) is 6.27. The van der Waals surface area contributed by atoms with Crippen LogP contribution in [0.25, 0.3) is 0 Å². The topological polar surface area (TPSA) is 32.3 Å². The van der Waals surface area contributed by atoms with Gasteiger partial charge in [-0.15, -0.1) is 12.4 Å². The number of alkyl halides is 6. The van der Waals surface area contributed by atoms with Gasteiger partial charge in [0.15, 0.2) is 0 Å². The summed E-state index contributed by atoms with van der Waals surface area (Å²) in [4.78, 5) is 14.3. The van der Waals surface area contributed by atoms with E-state index >= 15 is 0 Å². The SMILES string of the molecule is Cl.O=C(c1cc(C(F)(F)F)cc(C(F)(F)F)c1)N1CCNC[C@H]1Cc1ccc(Cl)cc1. The second kappa shape index (κ2) is 9.67. The number of nitrogens with one attached hydrogen (secondary N) is 1. The largest absolute Gasteiger partial charge is 0.416 e. The van der Waals surface area contributed by atoms with E-state index in [1.54, 1.807) is 24.3 Å². The Bertz CT molecular complexity index is 883. The van der Waals surface area contributed by atoms with E-state index in [9.17, 15) is 31.1 Å². The minimum absolute atomic E-state index is 0. The third-order valence-electron chi connectivity index (χ3n) is 4.83. The van der Waals surface area contributed by atoms with Crippen LogP contribution >= 0.6 is 24.0 Å². The van der Waals surface area contributed by atoms with Crippen LogP contribution in [-0.2, 0) is 18.8 Å². The van der Waals surface area contributed by atoms with E-state index in [0.29, 0.717) is 36.7 Å². The van der Waals surface area contributed by atoms with Crippen LogP contribution in [0, 0.1) is 0 Å². The van der Waals surface area contributed by atoms with E-state index in [1.165, 1.54) is 4.90 Å². The Labute approximate surface area is 185 Å². The van der Waals surface area contributed by atoms with Gasteiger partial charge in [-0.2, -0.15) is 26.3 Å². The first-order valence-electron chi connectivity index (χ1n) is 9.01.